The van der Waals surface area contributed by atoms with E-state index >= 15 is 0 Å². The molecule has 39 heavy (non-hydrogen) atoms. The molecule has 0 saturated carbocycles. The number of furan rings is 1. The number of benzene rings is 2. The second kappa shape index (κ2) is 11.7. The van der Waals surface area contributed by atoms with Crippen LogP contribution in [0.15, 0.2) is 75.3 Å². The molecular formula is C27H24ClN5O5S. The number of thioether (sulfide) groups is 1. The molecule has 2 aliphatic rings. The fraction of sp³-hybridized carbons (Fsp3) is 0.222. The van der Waals surface area contributed by atoms with Crippen molar-refractivity contribution in [2.24, 2.45) is 9.98 Å². The van der Waals surface area contributed by atoms with Crippen LogP contribution < -0.4 is 15.4 Å². The standard InChI is InChI=1S/C27H24ClN5O5S/c1-37-22-10-8-16(13-19(22)28)30-24(35)15-39-27-31-20-7-3-2-6-18(20)25-32-26(36)21(33(25)27)9-11-23(34)29-14-17-5-4-12-38-17/h2-8,10,12-13,21H,9,11,14-15H2,1H3,(H,29,34)(H,30,35). The third-order valence-corrected chi connectivity index (χ3v) is 7.31. The van der Waals surface area contributed by atoms with E-state index in [1.165, 1.54) is 25.1 Å². The van der Waals surface area contributed by atoms with Gasteiger partial charge in [0.05, 0.1) is 36.4 Å². The van der Waals surface area contributed by atoms with Crippen LogP contribution in [0.25, 0.3) is 0 Å². The molecule has 1 unspecified atom stereocenters. The zero-order valence-electron chi connectivity index (χ0n) is 20.8. The highest BCUT2D eigenvalue weighted by molar-refractivity contribution is 8.14. The molecule has 12 heteroatoms. The number of nitrogens with one attached hydrogen (secondary N) is 2. The predicted octanol–water partition coefficient (Wildman–Crippen LogP) is 4.37. The molecule has 3 amide bonds. The Kier molecular flexibility index (Phi) is 7.99. The van der Waals surface area contributed by atoms with Crippen LogP contribution in [-0.4, -0.2) is 52.5 Å². The van der Waals surface area contributed by atoms with Crippen LogP contribution in [0.2, 0.25) is 5.02 Å². The van der Waals surface area contributed by atoms with E-state index < -0.39 is 6.04 Å². The van der Waals surface area contributed by atoms with Crippen LogP contribution in [0.5, 0.6) is 5.75 Å². The van der Waals surface area contributed by atoms with Gasteiger partial charge in [0, 0.05) is 17.7 Å². The molecule has 2 aliphatic heterocycles. The van der Waals surface area contributed by atoms with Gasteiger partial charge in [0.25, 0.3) is 5.91 Å². The first-order valence-electron chi connectivity index (χ1n) is 12.1. The van der Waals surface area contributed by atoms with Gasteiger partial charge < -0.3 is 19.8 Å². The number of nitrogens with zero attached hydrogens (tertiary/aromatic N) is 3. The Morgan fingerprint density at radius 2 is 1.97 bits per heavy atom. The molecule has 1 aromatic heterocycles. The third-order valence-electron chi connectivity index (χ3n) is 6.06. The van der Waals surface area contributed by atoms with Crippen LogP contribution in [0.4, 0.5) is 11.4 Å². The SMILES string of the molecule is COc1ccc(NC(=O)CSC2=Nc3ccccc3C3=NC(=O)C(CCC(=O)NCc4ccco4)N23)cc1Cl. The minimum absolute atomic E-state index is 0.0268. The zero-order valence-corrected chi connectivity index (χ0v) is 22.4. The molecule has 5 rings (SSSR count). The lowest BCUT2D eigenvalue weighted by atomic mass is 10.1. The van der Waals surface area contributed by atoms with Crippen LogP contribution in [0.3, 0.4) is 0 Å². The number of carbonyl (C=O) groups excluding carboxylic acids is 3. The Morgan fingerprint density at radius 1 is 1.13 bits per heavy atom. The molecule has 10 nitrogen and oxygen atoms in total. The van der Waals surface area contributed by atoms with E-state index in [9.17, 15) is 14.4 Å². The zero-order chi connectivity index (χ0) is 27.4. The first-order valence-corrected chi connectivity index (χ1v) is 13.4. The van der Waals surface area contributed by atoms with Gasteiger partial charge in [0.2, 0.25) is 11.8 Å². The fourth-order valence-corrected chi connectivity index (χ4v) is 5.31. The Labute approximate surface area is 233 Å². The van der Waals surface area contributed by atoms with Gasteiger partial charge in [-0.15, -0.1) is 0 Å². The molecule has 3 heterocycles. The topological polar surface area (TPSA) is 126 Å². The highest BCUT2D eigenvalue weighted by atomic mass is 35.5. The number of anilines is 1. The molecule has 0 spiro atoms. The smallest absolute Gasteiger partial charge is 0.270 e. The fourth-order valence-electron chi connectivity index (χ4n) is 4.20. The number of aliphatic imine (C=N–C) groups is 2. The maximum absolute atomic E-state index is 13.0. The lowest BCUT2D eigenvalue weighted by Gasteiger charge is -2.31. The molecule has 3 aromatic rings. The van der Waals surface area contributed by atoms with Crippen molar-refractivity contribution in [3.63, 3.8) is 0 Å². The molecule has 0 saturated heterocycles. The first-order chi connectivity index (χ1) is 18.9. The summed E-state index contributed by atoms with van der Waals surface area (Å²) in [5.41, 5.74) is 1.90. The highest BCUT2D eigenvalue weighted by Gasteiger charge is 2.41. The van der Waals surface area contributed by atoms with Crippen molar-refractivity contribution in [1.29, 1.82) is 0 Å². The average Bonchev–Trinajstić information content (AvgIpc) is 3.57. The molecule has 0 bridgehead atoms. The lowest BCUT2D eigenvalue weighted by Crippen LogP contribution is -2.44. The van der Waals surface area contributed by atoms with E-state index in [1.54, 1.807) is 35.2 Å². The first kappa shape index (κ1) is 26.5. The minimum Gasteiger partial charge on any atom is -0.495 e. The average molecular weight is 566 g/mol. The van der Waals surface area contributed by atoms with Crippen molar-refractivity contribution in [3.8, 4) is 5.75 Å². The van der Waals surface area contributed by atoms with Crippen molar-refractivity contribution in [1.82, 2.24) is 10.2 Å². The summed E-state index contributed by atoms with van der Waals surface area (Å²) in [6, 6.07) is 15.1. The Balaban J connectivity index is 1.27. The van der Waals surface area contributed by atoms with Crippen molar-refractivity contribution < 1.29 is 23.5 Å². The number of ether oxygens (including phenoxy) is 1. The number of amides is 3. The van der Waals surface area contributed by atoms with Gasteiger partial charge in [-0.1, -0.05) is 35.5 Å². The number of methoxy groups -OCH3 is 1. The van der Waals surface area contributed by atoms with Crippen LogP contribution in [-0.2, 0) is 20.9 Å². The number of para-hydroxylation sites is 1. The molecular weight excluding hydrogens is 542 g/mol. The maximum Gasteiger partial charge on any atom is 0.270 e. The van der Waals surface area contributed by atoms with Crippen LogP contribution >= 0.6 is 23.4 Å². The van der Waals surface area contributed by atoms with E-state index in [0.717, 1.165) is 5.56 Å². The Morgan fingerprint density at radius 3 is 2.74 bits per heavy atom. The largest absolute Gasteiger partial charge is 0.495 e. The predicted molar refractivity (Wildman–Crippen MR) is 150 cm³/mol. The molecule has 2 N–H and O–H groups in total. The number of fused-ring (bicyclic) bond motifs is 3. The summed E-state index contributed by atoms with van der Waals surface area (Å²) in [6.07, 6.45) is 1.87. The molecule has 0 radical (unpaired) electrons. The summed E-state index contributed by atoms with van der Waals surface area (Å²) in [5, 5.41) is 6.44. The second-order valence-corrected chi connectivity index (χ2v) is 10.0. The quantitative estimate of drug-likeness (QED) is 0.394. The normalized spacial score (nSPS) is 15.7. The minimum atomic E-state index is -0.711. The molecule has 1 atom stereocenters. The van der Waals surface area contributed by atoms with Crippen molar-refractivity contribution >= 4 is 63.5 Å². The second-order valence-electron chi connectivity index (χ2n) is 8.65. The number of carbonyl (C=O) groups is 3. The van der Waals surface area contributed by atoms with Gasteiger partial charge in [-0.05, 0) is 48.9 Å². The maximum atomic E-state index is 13.0. The summed E-state index contributed by atoms with van der Waals surface area (Å²) < 4.78 is 10.4. The van der Waals surface area contributed by atoms with Gasteiger partial charge in [0.1, 0.15) is 23.4 Å². The van der Waals surface area contributed by atoms with Gasteiger partial charge >= 0.3 is 0 Å². The number of amidine groups is 2. The van der Waals surface area contributed by atoms with Crippen molar-refractivity contribution in [2.45, 2.75) is 25.4 Å². The molecule has 0 fully saturated rings. The molecule has 200 valence electrons. The number of rotatable bonds is 9. The number of hydrogen-bond acceptors (Lipinski definition) is 8. The van der Waals surface area contributed by atoms with E-state index in [0.29, 0.717) is 38.9 Å². The van der Waals surface area contributed by atoms with E-state index in [2.05, 4.69) is 15.6 Å². The summed E-state index contributed by atoms with van der Waals surface area (Å²) >= 11 is 7.35. The van der Waals surface area contributed by atoms with Gasteiger partial charge in [-0.25, -0.2) is 4.99 Å². The summed E-state index contributed by atoms with van der Waals surface area (Å²) in [6.45, 7) is 0.264. The summed E-state index contributed by atoms with van der Waals surface area (Å²) in [7, 11) is 1.51. The highest BCUT2D eigenvalue weighted by Crippen LogP contribution is 2.35. The third kappa shape index (κ3) is 5.99. The van der Waals surface area contributed by atoms with E-state index in [-0.39, 0.29) is 42.9 Å². The van der Waals surface area contributed by atoms with Crippen LogP contribution in [0.1, 0.15) is 24.2 Å². The van der Waals surface area contributed by atoms with Crippen LogP contribution in [0, 0.1) is 0 Å². The van der Waals surface area contributed by atoms with E-state index in [4.69, 9.17) is 25.7 Å². The Bertz CT molecular complexity index is 1470. The van der Waals surface area contributed by atoms with E-state index in [1.807, 2.05) is 24.3 Å². The van der Waals surface area contributed by atoms with Crippen molar-refractivity contribution in [2.75, 3.05) is 18.2 Å². The number of hydrogen-bond donors (Lipinski definition) is 2. The Hall–Kier alpha value is -4.09. The van der Waals surface area contributed by atoms with Gasteiger partial charge in [0.15, 0.2) is 5.17 Å². The van der Waals surface area contributed by atoms with Crippen molar-refractivity contribution in [3.05, 3.63) is 77.2 Å². The monoisotopic (exact) mass is 565 g/mol. The van der Waals surface area contributed by atoms with Gasteiger partial charge in [-0.3, -0.25) is 19.3 Å². The van der Waals surface area contributed by atoms with Gasteiger partial charge in [-0.2, -0.15) is 4.99 Å². The summed E-state index contributed by atoms with van der Waals surface area (Å²) in [4.78, 5) is 49.0. The molecule has 2 aromatic carbocycles. The number of halogens is 1. The molecule has 0 aliphatic carbocycles. The summed E-state index contributed by atoms with van der Waals surface area (Å²) in [5.74, 6) is 0.793. The lowest BCUT2D eigenvalue weighted by molar-refractivity contribution is -0.122.